The Morgan fingerprint density at radius 2 is 2.00 bits per heavy atom. The molecule has 0 unspecified atom stereocenters. The van der Waals surface area contributed by atoms with Gasteiger partial charge < -0.3 is 4.84 Å². The lowest BCUT2D eigenvalue weighted by atomic mass is 10.0. The third-order valence-corrected chi connectivity index (χ3v) is 3.13. The van der Waals surface area contributed by atoms with Gasteiger partial charge in [-0.05, 0) is 19.1 Å². The monoisotopic (exact) mass is 269 g/mol. The Kier molecular flexibility index (Phi) is 3.50. The zero-order chi connectivity index (χ0) is 12.4. The molecule has 0 saturated carbocycles. The maximum atomic E-state index is 10.9. The summed E-state index contributed by atoms with van der Waals surface area (Å²) in [6.45, 7) is 1.69. The number of nitrogens with zero attached hydrogens (tertiary/aromatic N) is 1. The minimum atomic E-state index is 0.374. The number of aldehydes is 1. The van der Waals surface area contributed by atoms with Gasteiger partial charge in [-0.1, -0.05) is 34.4 Å². The van der Waals surface area contributed by atoms with Crippen LogP contribution in [0.4, 0.5) is 0 Å². The quantitative estimate of drug-likeness (QED) is 0.770. The predicted octanol–water partition coefficient (Wildman–Crippen LogP) is 3.59. The Bertz CT molecular complexity index is 515. The topological polar surface area (TPSA) is 38.7 Å². The highest BCUT2D eigenvalue weighted by atomic mass is 35.5. The van der Waals surface area contributed by atoms with Crippen molar-refractivity contribution in [3.63, 3.8) is 0 Å². The minimum Gasteiger partial charge on any atom is -0.361 e. The van der Waals surface area contributed by atoms with Crippen LogP contribution in [0.2, 0.25) is 10.0 Å². The third kappa shape index (κ3) is 2.35. The van der Waals surface area contributed by atoms with Crippen LogP contribution >= 0.6 is 23.2 Å². The zero-order valence-electron chi connectivity index (χ0n) is 9.04. The molecule has 88 valence electrons. The molecule has 0 aromatic heterocycles. The van der Waals surface area contributed by atoms with E-state index in [1.165, 1.54) is 0 Å². The lowest BCUT2D eigenvalue weighted by Gasteiger charge is -2.15. The number of benzene rings is 1. The molecule has 0 spiro atoms. The van der Waals surface area contributed by atoms with Crippen molar-refractivity contribution in [3.05, 3.63) is 45.1 Å². The number of rotatable bonds is 2. The first-order valence-corrected chi connectivity index (χ1v) is 5.72. The van der Waals surface area contributed by atoms with Gasteiger partial charge in [-0.2, -0.15) is 0 Å². The summed E-state index contributed by atoms with van der Waals surface area (Å²) in [6, 6.07) is 5.19. The van der Waals surface area contributed by atoms with E-state index in [0.29, 0.717) is 39.1 Å². The van der Waals surface area contributed by atoms with E-state index in [2.05, 4.69) is 5.16 Å². The Hall–Kier alpha value is -1.32. The number of halogens is 2. The van der Waals surface area contributed by atoms with Crippen LogP contribution in [-0.2, 0) is 9.63 Å². The number of carbonyl (C=O) groups is 1. The van der Waals surface area contributed by atoms with Crippen LogP contribution in [0.25, 0.3) is 0 Å². The Labute approximate surface area is 109 Å². The third-order valence-electron chi connectivity index (χ3n) is 2.50. The van der Waals surface area contributed by atoms with Crippen molar-refractivity contribution in [2.45, 2.75) is 13.3 Å². The molecule has 0 N–H and O–H groups in total. The average molecular weight is 270 g/mol. The van der Waals surface area contributed by atoms with Gasteiger partial charge >= 0.3 is 0 Å². The second-order valence-corrected chi connectivity index (χ2v) is 4.42. The minimum absolute atomic E-state index is 0.374. The molecule has 2 rings (SSSR count). The van der Waals surface area contributed by atoms with E-state index in [1.54, 1.807) is 25.1 Å². The molecule has 17 heavy (non-hydrogen) atoms. The summed E-state index contributed by atoms with van der Waals surface area (Å²) in [4.78, 5) is 15.9. The number of hydrogen-bond acceptors (Lipinski definition) is 3. The smallest absolute Gasteiger partial charge is 0.149 e. The molecule has 1 aliphatic heterocycles. The second-order valence-electron chi connectivity index (χ2n) is 3.60. The fourth-order valence-electron chi connectivity index (χ4n) is 1.55. The van der Waals surface area contributed by atoms with Crippen molar-refractivity contribution < 1.29 is 9.63 Å². The average Bonchev–Trinajstić information content (AvgIpc) is 2.31. The Morgan fingerprint density at radius 3 is 2.59 bits per heavy atom. The molecule has 1 heterocycles. The molecule has 0 amide bonds. The normalized spacial score (nSPS) is 15.4. The van der Waals surface area contributed by atoms with Crippen LogP contribution in [0, 0.1) is 0 Å². The maximum Gasteiger partial charge on any atom is 0.149 e. The molecule has 5 heteroatoms. The summed E-state index contributed by atoms with van der Waals surface area (Å²) in [5, 5.41) is 4.91. The molecule has 0 aliphatic carbocycles. The SMILES string of the molecule is CC1=C(C=O)CC(c2c(Cl)cccc2Cl)=NO1. The molecule has 0 saturated heterocycles. The molecule has 0 radical (unpaired) electrons. The fourth-order valence-corrected chi connectivity index (χ4v) is 2.17. The van der Waals surface area contributed by atoms with E-state index in [4.69, 9.17) is 28.0 Å². The lowest BCUT2D eigenvalue weighted by molar-refractivity contribution is -0.105. The first kappa shape index (κ1) is 12.1. The highest BCUT2D eigenvalue weighted by Gasteiger charge is 2.20. The summed E-state index contributed by atoms with van der Waals surface area (Å²) in [6.07, 6.45) is 1.13. The van der Waals surface area contributed by atoms with Gasteiger partial charge in [-0.25, -0.2) is 0 Å². The molecule has 1 aromatic carbocycles. The highest BCUT2D eigenvalue weighted by Crippen LogP contribution is 2.29. The summed E-state index contributed by atoms with van der Waals surface area (Å²) in [7, 11) is 0. The fraction of sp³-hybridized carbons (Fsp3) is 0.167. The van der Waals surface area contributed by atoms with Crippen molar-refractivity contribution in [3.8, 4) is 0 Å². The van der Waals surface area contributed by atoms with Crippen molar-refractivity contribution in [2.75, 3.05) is 0 Å². The van der Waals surface area contributed by atoms with Crippen LogP contribution in [-0.4, -0.2) is 12.0 Å². The van der Waals surface area contributed by atoms with Gasteiger partial charge in [0.1, 0.15) is 12.0 Å². The summed E-state index contributed by atoms with van der Waals surface area (Å²) >= 11 is 12.1. The molecular weight excluding hydrogens is 261 g/mol. The molecule has 1 aromatic rings. The van der Waals surface area contributed by atoms with Gasteiger partial charge in [0.2, 0.25) is 0 Å². The van der Waals surface area contributed by atoms with E-state index in [9.17, 15) is 4.79 Å². The maximum absolute atomic E-state index is 10.9. The van der Waals surface area contributed by atoms with Gasteiger partial charge in [0, 0.05) is 17.6 Å². The first-order chi connectivity index (χ1) is 8.13. The van der Waals surface area contributed by atoms with Gasteiger partial charge in [0.15, 0.2) is 0 Å². The molecule has 0 atom stereocenters. The molecule has 0 fully saturated rings. The standard InChI is InChI=1S/C12H9Cl2NO2/c1-7-8(6-16)5-11(15-17-7)12-9(13)3-2-4-10(12)14/h2-4,6H,5H2,1H3. The number of carbonyl (C=O) groups excluding carboxylic acids is 1. The predicted molar refractivity (Wildman–Crippen MR) is 67.5 cm³/mol. The Balaban J connectivity index is 2.41. The van der Waals surface area contributed by atoms with E-state index in [-0.39, 0.29) is 0 Å². The van der Waals surface area contributed by atoms with Gasteiger partial charge in [0.25, 0.3) is 0 Å². The highest BCUT2D eigenvalue weighted by molar-refractivity contribution is 6.40. The summed E-state index contributed by atoms with van der Waals surface area (Å²) < 4.78 is 0. The molecule has 0 bridgehead atoms. The first-order valence-electron chi connectivity index (χ1n) is 4.96. The Morgan fingerprint density at radius 1 is 1.35 bits per heavy atom. The van der Waals surface area contributed by atoms with Crippen molar-refractivity contribution in [2.24, 2.45) is 5.16 Å². The second kappa shape index (κ2) is 4.90. The van der Waals surface area contributed by atoms with E-state index in [0.717, 1.165) is 6.29 Å². The van der Waals surface area contributed by atoms with Gasteiger partial charge in [0.05, 0.1) is 15.8 Å². The van der Waals surface area contributed by atoms with Crippen molar-refractivity contribution in [1.82, 2.24) is 0 Å². The van der Waals surface area contributed by atoms with Crippen LogP contribution in [0.5, 0.6) is 0 Å². The molecule has 3 nitrogen and oxygen atoms in total. The van der Waals surface area contributed by atoms with Crippen molar-refractivity contribution >= 4 is 35.2 Å². The van der Waals surface area contributed by atoms with E-state index >= 15 is 0 Å². The van der Waals surface area contributed by atoms with E-state index < -0.39 is 0 Å². The van der Waals surface area contributed by atoms with Gasteiger partial charge in [-0.15, -0.1) is 0 Å². The van der Waals surface area contributed by atoms with Crippen LogP contribution in [0.1, 0.15) is 18.9 Å². The number of oxime groups is 1. The number of hydrogen-bond donors (Lipinski definition) is 0. The van der Waals surface area contributed by atoms with Crippen molar-refractivity contribution in [1.29, 1.82) is 0 Å². The largest absolute Gasteiger partial charge is 0.361 e. The zero-order valence-corrected chi connectivity index (χ0v) is 10.5. The lowest BCUT2D eigenvalue weighted by Crippen LogP contribution is -2.12. The van der Waals surface area contributed by atoms with Gasteiger partial charge in [-0.3, -0.25) is 4.79 Å². The number of allylic oxidation sites excluding steroid dienone is 2. The van der Waals surface area contributed by atoms with Crippen LogP contribution in [0.15, 0.2) is 34.7 Å². The summed E-state index contributed by atoms with van der Waals surface area (Å²) in [5.74, 6) is 0.506. The van der Waals surface area contributed by atoms with Crippen LogP contribution in [0.3, 0.4) is 0 Å². The molecular formula is C12H9Cl2NO2. The van der Waals surface area contributed by atoms with E-state index in [1.807, 2.05) is 0 Å². The molecule has 1 aliphatic rings. The summed E-state index contributed by atoms with van der Waals surface area (Å²) in [5.41, 5.74) is 1.72. The van der Waals surface area contributed by atoms with Crippen LogP contribution < -0.4 is 0 Å².